The van der Waals surface area contributed by atoms with Crippen molar-refractivity contribution in [1.82, 2.24) is 0 Å². The lowest BCUT2D eigenvalue weighted by molar-refractivity contribution is -0.385. The SMILES string of the molecule is CC1CCCC(CCNc2ccc([N+](=O)[O-])cc2F)C1. The fraction of sp³-hybridized carbons (Fsp3) is 0.600. The van der Waals surface area contributed by atoms with Gasteiger partial charge < -0.3 is 5.32 Å². The van der Waals surface area contributed by atoms with E-state index >= 15 is 0 Å². The third-order valence-electron chi connectivity index (χ3n) is 4.08. The molecule has 1 aliphatic rings. The Morgan fingerprint density at radius 2 is 2.25 bits per heavy atom. The molecule has 1 aromatic rings. The zero-order valence-electron chi connectivity index (χ0n) is 11.8. The van der Waals surface area contributed by atoms with Gasteiger partial charge >= 0.3 is 0 Å². The molecule has 110 valence electrons. The average Bonchev–Trinajstić information content (AvgIpc) is 2.40. The summed E-state index contributed by atoms with van der Waals surface area (Å²) >= 11 is 0. The molecule has 4 nitrogen and oxygen atoms in total. The fourth-order valence-corrected chi connectivity index (χ4v) is 2.99. The van der Waals surface area contributed by atoms with E-state index in [2.05, 4.69) is 12.2 Å². The minimum Gasteiger partial charge on any atom is -0.383 e. The Kier molecular flexibility index (Phi) is 4.93. The standard InChI is InChI=1S/C15H21FN2O2/c1-11-3-2-4-12(9-11)7-8-17-15-6-5-13(18(19)20)10-14(15)16/h5-6,10-12,17H,2-4,7-9H2,1H3. The number of hydrogen-bond acceptors (Lipinski definition) is 3. The van der Waals surface area contributed by atoms with Crippen LogP contribution in [-0.2, 0) is 0 Å². The summed E-state index contributed by atoms with van der Waals surface area (Å²) in [5, 5.41) is 13.6. The van der Waals surface area contributed by atoms with Crippen molar-refractivity contribution in [3.63, 3.8) is 0 Å². The summed E-state index contributed by atoms with van der Waals surface area (Å²) in [4.78, 5) is 9.95. The molecule has 0 heterocycles. The van der Waals surface area contributed by atoms with Crippen molar-refractivity contribution in [2.24, 2.45) is 11.8 Å². The van der Waals surface area contributed by atoms with Gasteiger partial charge in [-0.25, -0.2) is 4.39 Å². The monoisotopic (exact) mass is 280 g/mol. The minimum atomic E-state index is -0.587. The smallest absolute Gasteiger partial charge is 0.272 e. The molecule has 1 aromatic carbocycles. The lowest BCUT2D eigenvalue weighted by Crippen LogP contribution is -2.16. The predicted molar refractivity (Wildman–Crippen MR) is 77.3 cm³/mol. The van der Waals surface area contributed by atoms with E-state index in [0.717, 1.165) is 18.4 Å². The van der Waals surface area contributed by atoms with Crippen LogP contribution in [0.2, 0.25) is 0 Å². The van der Waals surface area contributed by atoms with Gasteiger partial charge in [0.05, 0.1) is 16.7 Å². The Morgan fingerprint density at radius 1 is 1.45 bits per heavy atom. The summed E-state index contributed by atoms with van der Waals surface area (Å²) in [6.45, 7) is 3.00. The molecule has 0 aromatic heterocycles. The van der Waals surface area contributed by atoms with Gasteiger partial charge in [0.1, 0.15) is 0 Å². The largest absolute Gasteiger partial charge is 0.383 e. The molecule has 0 radical (unpaired) electrons. The van der Waals surface area contributed by atoms with E-state index in [1.54, 1.807) is 0 Å². The number of nitro groups is 1. The molecule has 0 aliphatic heterocycles. The van der Waals surface area contributed by atoms with Crippen LogP contribution in [0.25, 0.3) is 0 Å². The highest BCUT2D eigenvalue weighted by Gasteiger charge is 2.18. The van der Waals surface area contributed by atoms with Crippen molar-refractivity contribution in [2.75, 3.05) is 11.9 Å². The van der Waals surface area contributed by atoms with Gasteiger partial charge in [-0.15, -0.1) is 0 Å². The molecule has 1 fully saturated rings. The Morgan fingerprint density at radius 3 is 2.90 bits per heavy atom. The van der Waals surface area contributed by atoms with Crippen LogP contribution in [0.15, 0.2) is 18.2 Å². The lowest BCUT2D eigenvalue weighted by Gasteiger charge is -2.26. The highest BCUT2D eigenvalue weighted by atomic mass is 19.1. The first-order valence-electron chi connectivity index (χ1n) is 7.24. The Hall–Kier alpha value is -1.65. The first-order chi connectivity index (χ1) is 9.56. The van der Waals surface area contributed by atoms with Crippen molar-refractivity contribution in [3.05, 3.63) is 34.1 Å². The topological polar surface area (TPSA) is 55.2 Å². The number of nitrogens with zero attached hydrogens (tertiary/aromatic N) is 1. The first kappa shape index (κ1) is 14.8. The van der Waals surface area contributed by atoms with Crippen LogP contribution in [0, 0.1) is 27.8 Å². The molecular formula is C15H21FN2O2. The van der Waals surface area contributed by atoms with Crippen LogP contribution < -0.4 is 5.32 Å². The normalized spacial score (nSPS) is 22.5. The number of anilines is 1. The number of halogens is 1. The molecule has 2 rings (SSSR count). The van der Waals surface area contributed by atoms with E-state index < -0.39 is 10.7 Å². The molecule has 0 saturated heterocycles. The number of nitro benzene ring substituents is 1. The van der Waals surface area contributed by atoms with E-state index in [9.17, 15) is 14.5 Å². The number of benzene rings is 1. The van der Waals surface area contributed by atoms with Gasteiger partial charge in [-0.3, -0.25) is 10.1 Å². The number of rotatable bonds is 5. The Bertz CT molecular complexity index is 479. The fourth-order valence-electron chi connectivity index (χ4n) is 2.99. The number of non-ortho nitro benzene ring substituents is 1. The van der Waals surface area contributed by atoms with E-state index in [0.29, 0.717) is 18.2 Å². The van der Waals surface area contributed by atoms with Gasteiger partial charge in [0, 0.05) is 12.6 Å². The third-order valence-corrected chi connectivity index (χ3v) is 4.08. The molecule has 0 amide bonds. The first-order valence-corrected chi connectivity index (χ1v) is 7.24. The maximum atomic E-state index is 13.7. The molecule has 2 unspecified atom stereocenters. The lowest BCUT2D eigenvalue weighted by atomic mass is 9.81. The van der Waals surface area contributed by atoms with Gasteiger partial charge in [-0.05, 0) is 30.7 Å². The maximum absolute atomic E-state index is 13.7. The molecule has 20 heavy (non-hydrogen) atoms. The quantitative estimate of drug-likeness (QED) is 0.644. The van der Waals surface area contributed by atoms with Crippen LogP contribution in [0.4, 0.5) is 15.8 Å². The Balaban J connectivity index is 1.83. The van der Waals surface area contributed by atoms with Gasteiger partial charge in [-0.1, -0.05) is 26.2 Å². The molecule has 1 N–H and O–H groups in total. The molecule has 5 heteroatoms. The van der Waals surface area contributed by atoms with Crippen LogP contribution >= 0.6 is 0 Å². The van der Waals surface area contributed by atoms with Gasteiger partial charge in [0.25, 0.3) is 5.69 Å². The van der Waals surface area contributed by atoms with E-state index in [-0.39, 0.29) is 5.69 Å². The number of nitrogens with one attached hydrogen (secondary N) is 1. The molecule has 0 bridgehead atoms. The summed E-state index contributed by atoms with van der Waals surface area (Å²) in [6, 6.07) is 3.73. The van der Waals surface area contributed by atoms with Crippen molar-refractivity contribution in [3.8, 4) is 0 Å². The molecule has 1 aliphatic carbocycles. The zero-order chi connectivity index (χ0) is 14.5. The minimum absolute atomic E-state index is 0.214. The summed E-state index contributed by atoms with van der Waals surface area (Å²) in [7, 11) is 0. The van der Waals surface area contributed by atoms with Crippen LogP contribution in [0.5, 0.6) is 0 Å². The summed E-state index contributed by atoms with van der Waals surface area (Å²) < 4.78 is 13.7. The highest BCUT2D eigenvalue weighted by Crippen LogP contribution is 2.30. The highest BCUT2D eigenvalue weighted by molar-refractivity contribution is 5.50. The van der Waals surface area contributed by atoms with Crippen LogP contribution in [0.1, 0.15) is 39.0 Å². The summed E-state index contributed by atoms with van der Waals surface area (Å²) in [6.07, 6.45) is 6.15. The van der Waals surface area contributed by atoms with Gasteiger partial charge in [0.15, 0.2) is 5.82 Å². The van der Waals surface area contributed by atoms with E-state index in [1.807, 2.05) is 0 Å². The van der Waals surface area contributed by atoms with E-state index in [1.165, 1.54) is 37.8 Å². The van der Waals surface area contributed by atoms with E-state index in [4.69, 9.17) is 0 Å². The van der Waals surface area contributed by atoms with Crippen molar-refractivity contribution < 1.29 is 9.31 Å². The van der Waals surface area contributed by atoms with Crippen LogP contribution in [0.3, 0.4) is 0 Å². The molecule has 0 spiro atoms. The Labute approximate surface area is 118 Å². The van der Waals surface area contributed by atoms with Crippen LogP contribution in [-0.4, -0.2) is 11.5 Å². The average molecular weight is 280 g/mol. The number of hydrogen-bond donors (Lipinski definition) is 1. The summed E-state index contributed by atoms with van der Waals surface area (Å²) in [5.41, 5.74) is 0.133. The zero-order valence-corrected chi connectivity index (χ0v) is 11.8. The third kappa shape index (κ3) is 3.92. The molecule has 2 atom stereocenters. The second-order valence-corrected chi connectivity index (χ2v) is 5.77. The van der Waals surface area contributed by atoms with Crippen molar-refractivity contribution in [1.29, 1.82) is 0 Å². The maximum Gasteiger partial charge on any atom is 0.272 e. The molecular weight excluding hydrogens is 259 g/mol. The van der Waals surface area contributed by atoms with Gasteiger partial charge in [-0.2, -0.15) is 0 Å². The second-order valence-electron chi connectivity index (χ2n) is 5.77. The van der Waals surface area contributed by atoms with Crippen molar-refractivity contribution >= 4 is 11.4 Å². The molecule has 1 saturated carbocycles. The van der Waals surface area contributed by atoms with Crippen molar-refractivity contribution in [2.45, 2.75) is 39.0 Å². The second kappa shape index (κ2) is 6.68. The van der Waals surface area contributed by atoms with Gasteiger partial charge in [0.2, 0.25) is 0 Å². The summed E-state index contributed by atoms with van der Waals surface area (Å²) in [5.74, 6) is 0.952. The predicted octanol–water partition coefficient (Wildman–Crippen LogP) is 4.36.